The SMILES string of the molecule is O=C(CCNS(=O)(=O)c1ccc(C2CCCCC2)cc1)N1CCN(c2ccc(O)cc2)CC1. The quantitative estimate of drug-likeness (QED) is 0.646. The van der Waals surface area contributed by atoms with Crippen molar-refractivity contribution in [2.45, 2.75) is 49.3 Å². The van der Waals surface area contributed by atoms with E-state index in [9.17, 15) is 18.3 Å². The highest BCUT2D eigenvalue weighted by Crippen LogP contribution is 2.32. The fourth-order valence-corrected chi connectivity index (χ4v) is 5.80. The number of phenols is 1. The van der Waals surface area contributed by atoms with Gasteiger partial charge in [-0.2, -0.15) is 0 Å². The van der Waals surface area contributed by atoms with Gasteiger partial charge in [0.1, 0.15) is 5.75 Å². The van der Waals surface area contributed by atoms with Crippen LogP contribution >= 0.6 is 0 Å². The summed E-state index contributed by atoms with van der Waals surface area (Å²) >= 11 is 0. The smallest absolute Gasteiger partial charge is 0.240 e. The zero-order chi connectivity index (χ0) is 23.3. The highest BCUT2D eigenvalue weighted by atomic mass is 32.2. The summed E-state index contributed by atoms with van der Waals surface area (Å²) in [4.78, 5) is 16.8. The molecule has 0 unspecified atom stereocenters. The fourth-order valence-electron chi connectivity index (χ4n) is 4.77. The number of aromatic hydroxyl groups is 1. The van der Waals surface area contributed by atoms with E-state index in [1.54, 1.807) is 29.2 Å². The highest BCUT2D eigenvalue weighted by Gasteiger charge is 2.22. The van der Waals surface area contributed by atoms with Gasteiger partial charge in [-0.25, -0.2) is 13.1 Å². The van der Waals surface area contributed by atoms with Crippen molar-refractivity contribution in [3.8, 4) is 5.75 Å². The van der Waals surface area contributed by atoms with Crippen LogP contribution in [-0.4, -0.2) is 57.1 Å². The third kappa shape index (κ3) is 6.06. The Morgan fingerprint density at radius 1 is 0.909 bits per heavy atom. The minimum absolute atomic E-state index is 0.0456. The summed E-state index contributed by atoms with van der Waals surface area (Å²) in [6.07, 6.45) is 6.27. The average Bonchev–Trinajstić information content (AvgIpc) is 2.85. The van der Waals surface area contributed by atoms with Gasteiger partial charge in [-0.3, -0.25) is 4.79 Å². The minimum Gasteiger partial charge on any atom is -0.508 e. The van der Waals surface area contributed by atoms with Gasteiger partial charge in [0.05, 0.1) is 4.90 Å². The van der Waals surface area contributed by atoms with E-state index in [4.69, 9.17) is 0 Å². The van der Waals surface area contributed by atoms with Gasteiger partial charge in [-0.1, -0.05) is 31.4 Å². The Hall–Kier alpha value is -2.58. The molecule has 33 heavy (non-hydrogen) atoms. The molecule has 0 radical (unpaired) electrons. The molecule has 2 aliphatic rings. The normalized spacial score (nSPS) is 17.8. The van der Waals surface area contributed by atoms with Gasteiger partial charge in [0.15, 0.2) is 0 Å². The number of piperazine rings is 1. The summed E-state index contributed by atoms with van der Waals surface area (Å²) in [6.45, 7) is 2.68. The number of benzene rings is 2. The van der Waals surface area contributed by atoms with Crippen LogP contribution in [0.4, 0.5) is 5.69 Å². The molecule has 2 aromatic rings. The number of nitrogens with zero attached hydrogens (tertiary/aromatic N) is 2. The van der Waals surface area contributed by atoms with Crippen molar-refractivity contribution < 1.29 is 18.3 Å². The van der Waals surface area contributed by atoms with E-state index >= 15 is 0 Å². The number of hydrogen-bond donors (Lipinski definition) is 2. The van der Waals surface area contributed by atoms with Crippen LogP contribution in [0.3, 0.4) is 0 Å². The summed E-state index contributed by atoms with van der Waals surface area (Å²) in [5.74, 6) is 0.724. The van der Waals surface area contributed by atoms with E-state index in [1.165, 1.54) is 37.7 Å². The maximum absolute atomic E-state index is 12.6. The molecule has 8 heteroatoms. The first kappa shape index (κ1) is 23.6. The maximum Gasteiger partial charge on any atom is 0.240 e. The summed E-state index contributed by atoms with van der Waals surface area (Å²) in [5.41, 5.74) is 2.23. The molecule has 2 fully saturated rings. The van der Waals surface area contributed by atoms with E-state index in [1.807, 2.05) is 24.3 Å². The minimum atomic E-state index is -3.63. The first-order chi connectivity index (χ1) is 15.9. The highest BCUT2D eigenvalue weighted by molar-refractivity contribution is 7.89. The Bertz CT molecular complexity index is 1020. The molecule has 0 bridgehead atoms. The van der Waals surface area contributed by atoms with Crippen LogP contribution in [0.2, 0.25) is 0 Å². The number of phenolic OH excluding ortho intramolecular Hbond substituents is 1. The third-order valence-electron chi connectivity index (χ3n) is 6.75. The zero-order valence-electron chi connectivity index (χ0n) is 18.9. The van der Waals surface area contributed by atoms with Crippen LogP contribution in [0.1, 0.15) is 50.0 Å². The van der Waals surface area contributed by atoms with Gasteiger partial charge >= 0.3 is 0 Å². The number of amides is 1. The molecular weight excluding hydrogens is 438 g/mol. The van der Waals surface area contributed by atoms with E-state index < -0.39 is 10.0 Å². The zero-order valence-corrected chi connectivity index (χ0v) is 19.8. The second kappa shape index (κ2) is 10.6. The van der Waals surface area contributed by atoms with Crippen LogP contribution in [0.5, 0.6) is 5.75 Å². The van der Waals surface area contributed by atoms with Crippen molar-refractivity contribution in [2.24, 2.45) is 0 Å². The van der Waals surface area contributed by atoms with E-state index in [2.05, 4.69) is 9.62 Å². The van der Waals surface area contributed by atoms with Crippen LogP contribution in [0.25, 0.3) is 0 Å². The number of sulfonamides is 1. The lowest BCUT2D eigenvalue weighted by Crippen LogP contribution is -2.49. The Morgan fingerprint density at radius 2 is 1.55 bits per heavy atom. The Labute approximate surface area is 196 Å². The van der Waals surface area contributed by atoms with Crippen molar-refractivity contribution in [3.05, 3.63) is 54.1 Å². The standard InChI is InChI=1S/C25H33N3O4S/c29-23-10-8-22(9-11-23)27-16-18-28(19-17-27)25(30)14-15-26-33(31,32)24-12-6-21(7-13-24)20-4-2-1-3-5-20/h6-13,20,26,29H,1-5,14-19H2. The predicted molar refractivity (Wildman–Crippen MR) is 129 cm³/mol. The molecule has 2 N–H and O–H groups in total. The second-order valence-corrected chi connectivity index (χ2v) is 10.7. The third-order valence-corrected chi connectivity index (χ3v) is 8.22. The molecule has 1 aliphatic heterocycles. The van der Waals surface area contributed by atoms with E-state index in [0.717, 1.165) is 5.69 Å². The van der Waals surface area contributed by atoms with E-state index in [-0.39, 0.29) is 29.5 Å². The van der Waals surface area contributed by atoms with Gasteiger partial charge in [0.2, 0.25) is 15.9 Å². The summed E-state index contributed by atoms with van der Waals surface area (Å²) in [6, 6.07) is 14.3. The molecular formula is C25H33N3O4S. The number of hydrogen-bond acceptors (Lipinski definition) is 5. The number of anilines is 1. The monoisotopic (exact) mass is 471 g/mol. The lowest BCUT2D eigenvalue weighted by atomic mass is 9.84. The van der Waals surface area contributed by atoms with Crippen LogP contribution < -0.4 is 9.62 Å². The first-order valence-corrected chi connectivity index (χ1v) is 13.3. The molecule has 4 rings (SSSR count). The summed E-state index contributed by atoms with van der Waals surface area (Å²) in [7, 11) is -3.63. The lowest BCUT2D eigenvalue weighted by molar-refractivity contribution is -0.131. The van der Waals surface area contributed by atoms with Gasteiger partial charge in [-0.05, 0) is 60.7 Å². The Balaban J connectivity index is 1.23. The molecule has 1 heterocycles. The van der Waals surface area contributed by atoms with Crippen LogP contribution in [0.15, 0.2) is 53.4 Å². The van der Waals surface area contributed by atoms with Gasteiger partial charge in [0, 0.05) is 44.8 Å². The lowest BCUT2D eigenvalue weighted by Gasteiger charge is -2.36. The Morgan fingerprint density at radius 3 is 2.18 bits per heavy atom. The molecule has 0 aromatic heterocycles. The molecule has 1 aliphatic carbocycles. The Kier molecular flexibility index (Phi) is 7.55. The van der Waals surface area contributed by atoms with Crippen LogP contribution in [-0.2, 0) is 14.8 Å². The number of carbonyl (C=O) groups is 1. The van der Waals surface area contributed by atoms with Crippen molar-refractivity contribution >= 4 is 21.6 Å². The first-order valence-electron chi connectivity index (χ1n) is 11.8. The summed E-state index contributed by atoms with van der Waals surface area (Å²) in [5, 5.41) is 9.43. The second-order valence-electron chi connectivity index (χ2n) is 8.94. The van der Waals surface area contributed by atoms with Crippen molar-refractivity contribution in [1.82, 2.24) is 9.62 Å². The molecule has 0 atom stereocenters. The molecule has 178 valence electrons. The van der Waals surface area contributed by atoms with E-state index in [0.29, 0.717) is 32.1 Å². The van der Waals surface area contributed by atoms with Crippen molar-refractivity contribution in [3.63, 3.8) is 0 Å². The van der Waals surface area contributed by atoms with Crippen LogP contribution in [0, 0.1) is 0 Å². The predicted octanol–water partition coefficient (Wildman–Crippen LogP) is 3.46. The maximum atomic E-state index is 12.6. The summed E-state index contributed by atoms with van der Waals surface area (Å²) < 4.78 is 27.9. The molecule has 0 spiro atoms. The molecule has 1 saturated heterocycles. The fraction of sp³-hybridized carbons (Fsp3) is 0.480. The molecule has 1 amide bonds. The van der Waals surface area contributed by atoms with Crippen molar-refractivity contribution in [2.75, 3.05) is 37.6 Å². The number of nitrogens with one attached hydrogen (secondary N) is 1. The topological polar surface area (TPSA) is 90.0 Å². The number of rotatable bonds is 7. The van der Waals surface area contributed by atoms with Gasteiger partial charge in [0.25, 0.3) is 0 Å². The van der Waals surface area contributed by atoms with Gasteiger partial charge < -0.3 is 14.9 Å². The molecule has 2 aromatic carbocycles. The number of carbonyl (C=O) groups excluding carboxylic acids is 1. The van der Waals surface area contributed by atoms with Gasteiger partial charge in [-0.15, -0.1) is 0 Å². The molecule has 7 nitrogen and oxygen atoms in total. The largest absolute Gasteiger partial charge is 0.508 e. The average molecular weight is 472 g/mol. The molecule has 1 saturated carbocycles. The van der Waals surface area contributed by atoms with Crippen molar-refractivity contribution in [1.29, 1.82) is 0 Å².